The summed E-state index contributed by atoms with van der Waals surface area (Å²) in [7, 11) is -3.95. The van der Waals surface area contributed by atoms with Gasteiger partial charge in [0.2, 0.25) is 6.79 Å². The van der Waals surface area contributed by atoms with E-state index >= 15 is 0 Å². The van der Waals surface area contributed by atoms with Gasteiger partial charge in [0.05, 0.1) is 21.8 Å². The Labute approximate surface area is 200 Å². The maximum absolute atomic E-state index is 13.2. The van der Waals surface area contributed by atoms with Gasteiger partial charge < -0.3 is 9.47 Å². The summed E-state index contributed by atoms with van der Waals surface area (Å²) in [4.78, 5) is 17.7. The van der Waals surface area contributed by atoms with E-state index in [1.165, 1.54) is 35.6 Å². The zero-order valence-electron chi connectivity index (χ0n) is 17.9. The van der Waals surface area contributed by atoms with E-state index in [0.717, 1.165) is 16.8 Å². The Bertz CT molecular complexity index is 1470. The van der Waals surface area contributed by atoms with Crippen molar-refractivity contribution in [1.29, 1.82) is 0 Å². The number of aromatic nitrogens is 1. The molecular weight excluding hydrogens is 474 g/mol. The summed E-state index contributed by atoms with van der Waals surface area (Å²) < 4.78 is 39.2. The van der Waals surface area contributed by atoms with Crippen LogP contribution in [0.2, 0.25) is 0 Å². The number of thiazole rings is 1. The van der Waals surface area contributed by atoms with Crippen molar-refractivity contribution < 1.29 is 22.7 Å². The van der Waals surface area contributed by atoms with E-state index in [4.69, 9.17) is 9.47 Å². The van der Waals surface area contributed by atoms with Crippen LogP contribution in [0, 0.1) is 6.92 Å². The topological polar surface area (TPSA) is 107 Å². The van der Waals surface area contributed by atoms with E-state index in [1.54, 1.807) is 12.1 Å². The van der Waals surface area contributed by atoms with Crippen LogP contribution < -0.4 is 19.5 Å². The number of fused-ring (bicyclic) bond motifs is 1. The van der Waals surface area contributed by atoms with E-state index in [9.17, 15) is 13.2 Å². The molecule has 5 rings (SSSR count). The monoisotopic (exact) mass is 493 g/mol. The lowest BCUT2D eigenvalue weighted by molar-refractivity contribution is 0.102. The molecule has 0 radical (unpaired) electrons. The number of sulfonamides is 1. The van der Waals surface area contributed by atoms with Crippen molar-refractivity contribution in [3.63, 3.8) is 0 Å². The van der Waals surface area contributed by atoms with Crippen LogP contribution in [0.4, 0.5) is 10.8 Å². The van der Waals surface area contributed by atoms with E-state index in [1.807, 2.05) is 42.6 Å². The highest BCUT2D eigenvalue weighted by Crippen LogP contribution is 2.38. The first kappa shape index (κ1) is 21.9. The molecule has 172 valence electrons. The van der Waals surface area contributed by atoms with Crippen LogP contribution >= 0.6 is 11.3 Å². The number of aryl methyl sites for hydroxylation is 1. The van der Waals surface area contributed by atoms with Crippen molar-refractivity contribution in [2.24, 2.45) is 0 Å². The predicted octanol–water partition coefficient (Wildman–Crippen LogP) is 4.90. The number of hydrogen-bond acceptors (Lipinski definition) is 7. The molecule has 0 unspecified atom stereocenters. The van der Waals surface area contributed by atoms with Crippen molar-refractivity contribution in [2.75, 3.05) is 16.8 Å². The molecule has 10 heteroatoms. The smallest absolute Gasteiger partial charge is 0.261 e. The van der Waals surface area contributed by atoms with Gasteiger partial charge in [-0.1, -0.05) is 48.0 Å². The number of benzene rings is 3. The predicted molar refractivity (Wildman–Crippen MR) is 130 cm³/mol. The third kappa shape index (κ3) is 4.45. The van der Waals surface area contributed by atoms with Crippen LogP contribution in [0.25, 0.3) is 11.3 Å². The number of hydrogen-bond donors (Lipinski definition) is 2. The van der Waals surface area contributed by atoms with Crippen molar-refractivity contribution in [3.05, 3.63) is 83.2 Å². The first-order valence-electron chi connectivity index (χ1n) is 10.2. The Hall–Kier alpha value is -3.89. The highest BCUT2D eigenvalue weighted by atomic mass is 32.2. The van der Waals surface area contributed by atoms with Gasteiger partial charge in [0.15, 0.2) is 16.6 Å². The number of nitrogens with zero attached hydrogens (tertiary/aromatic N) is 1. The molecule has 4 aromatic rings. The summed E-state index contributed by atoms with van der Waals surface area (Å²) >= 11 is 1.27. The maximum atomic E-state index is 13.2. The van der Waals surface area contributed by atoms with Gasteiger partial charge in [-0.2, -0.15) is 0 Å². The van der Waals surface area contributed by atoms with Crippen molar-refractivity contribution in [2.45, 2.75) is 11.8 Å². The molecule has 0 saturated carbocycles. The molecule has 1 aromatic heterocycles. The average Bonchev–Trinajstić information content (AvgIpc) is 3.48. The van der Waals surface area contributed by atoms with Crippen LogP contribution in [0.15, 0.2) is 77.0 Å². The van der Waals surface area contributed by atoms with Crippen molar-refractivity contribution in [1.82, 2.24) is 4.98 Å². The molecule has 2 N–H and O–H groups in total. The third-order valence-electron chi connectivity index (χ3n) is 5.13. The molecule has 0 spiro atoms. The largest absolute Gasteiger partial charge is 0.454 e. The first-order chi connectivity index (χ1) is 16.4. The summed E-state index contributed by atoms with van der Waals surface area (Å²) in [5.41, 5.74) is 2.74. The molecule has 0 bridgehead atoms. The molecule has 34 heavy (non-hydrogen) atoms. The number of carbonyl (C=O) groups excluding carboxylic acids is 1. The van der Waals surface area contributed by atoms with Gasteiger partial charge in [0, 0.05) is 17.0 Å². The second-order valence-electron chi connectivity index (χ2n) is 7.53. The van der Waals surface area contributed by atoms with Gasteiger partial charge >= 0.3 is 0 Å². The lowest BCUT2D eigenvalue weighted by atomic mass is 10.1. The lowest BCUT2D eigenvalue weighted by Gasteiger charge is -2.13. The van der Waals surface area contributed by atoms with Gasteiger partial charge in [0.1, 0.15) is 0 Å². The summed E-state index contributed by atoms with van der Waals surface area (Å²) in [6.07, 6.45) is 0. The van der Waals surface area contributed by atoms with Crippen LogP contribution in [-0.2, 0) is 10.0 Å². The molecule has 3 aromatic carbocycles. The van der Waals surface area contributed by atoms with Crippen LogP contribution in [-0.4, -0.2) is 26.1 Å². The Kier molecular flexibility index (Phi) is 5.68. The number of nitrogens with one attached hydrogen (secondary N) is 2. The Morgan fingerprint density at radius 2 is 1.71 bits per heavy atom. The standard InChI is InChI=1S/C24H19N3O5S2/c1-15-7-9-17(10-8-15)34(29,30)27-19-12-22-21(31-14-32-22)11-18(19)23(28)26-24-25-20(13-33-24)16-5-3-2-4-6-16/h2-13,27H,14H2,1H3,(H,25,26,28). The lowest BCUT2D eigenvalue weighted by Crippen LogP contribution is -2.18. The van der Waals surface area contributed by atoms with Crippen LogP contribution in [0.3, 0.4) is 0 Å². The Morgan fingerprint density at radius 1 is 1.00 bits per heavy atom. The molecule has 1 amide bonds. The van der Waals surface area contributed by atoms with E-state index in [-0.39, 0.29) is 22.9 Å². The quantitative estimate of drug-likeness (QED) is 0.396. The molecule has 0 aliphatic carbocycles. The van der Waals surface area contributed by atoms with E-state index in [2.05, 4.69) is 15.0 Å². The fourth-order valence-electron chi connectivity index (χ4n) is 3.37. The van der Waals surface area contributed by atoms with E-state index < -0.39 is 15.9 Å². The number of ether oxygens (including phenoxy) is 2. The number of carbonyl (C=O) groups is 1. The highest BCUT2D eigenvalue weighted by molar-refractivity contribution is 7.92. The molecule has 1 aliphatic rings. The second kappa shape index (κ2) is 8.81. The normalized spacial score (nSPS) is 12.4. The zero-order valence-corrected chi connectivity index (χ0v) is 19.6. The SMILES string of the molecule is Cc1ccc(S(=O)(=O)Nc2cc3c(cc2C(=O)Nc2nc(-c4ccccc4)cs2)OCO3)cc1. The molecule has 2 heterocycles. The van der Waals surface area contributed by atoms with E-state index in [0.29, 0.717) is 16.6 Å². The van der Waals surface area contributed by atoms with Crippen LogP contribution in [0.5, 0.6) is 11.5 Å². The fraction of sp³-hybridized carbons (Fsp3) is 0.0833. The van der Waals surface area contributed by atoms with Gasteiger partial charge in [-0.25, -0.2) is 13.4 Å². The maximum Gasteiger partial charge on any atom is 0.261 e. The number of anilines is 2. The molecule has 0 atom stereocenters. The van der Waals surface area contributed by atoms with Crippen molar-refractivity contribution in [3.8, 4) is 22.8 Å². The van der Waals surface area contributed by atoms with Crippen LogP contribution in [0.1, 0.15) is 15.9 Å². The first-order valence-corrected chi connectivity index (χ1v) is 12.6. The molecule has 8 nitrogen and oxygen atoms in total. The fourth-order valence-corrected chi connectivity index (χ4v) is 5.16. The average molecular weight is 494 g/mol. The number of amides is 1. The van der Waals surface area contributed by atoms with Gasteiger partial charge in [0.25, 0.3) is 15.9 Å². The molecular formula is C24H19N3O5S2. The van der Waals surface area contributed by atoms with Gasteiger partial charge in [-0.3, -0.25) is 14.8 Å². The summed E-state index contributed by atoms with van der Waals surface area (Å²) in [5, 5.41) is 4.97. The minimum Gasteiger partial charge on any atom is -0.454 e. The minimum absolute atomic E-state index is 0.0164. The molecule has 1 aliphatic heterocycles. The zero-order chi connectivity index (χ0) is 23.7. The Balaban J connectivity index is 1.45. The summed E-state index contributed by atoms with van der Waals surface area (Å²) in [6.45, 7) is 1.85. The van der Waals surface area contributed by atoms with Crippen molar-refractivity contribution >= 4 is 38.1 Å². The van der Waals surface area contributed by atoms with Gasteiger partial charge in [-0.15, -0.1) is 11.3 Å². The minimum atomic E-state index is -3.95. The third-order valence-corrected chi connectivity index (χ3v) is 7.27. The number of rotatable bonds is 6. The molecule has 0 saturated heterocycles. The second-order valence-corrected chi connectivity index (χ2v) is 10.1. The highest BCUT2D eigenvalue weighted by Gasteiger charge is 2.25. The molecule has 0 fully saturated rings. The summed E-state index contributed by atoms with van der Waals surface area (Å²) in [5.74, 6) is 0.167. The van der Waals surface area contributed by atoms with Gasteiger partial charge in [-0.05, 0) is 25.1 Å². The summed E-state index contributed by atoms with van der Waals surface area (Å²) in [6, 6.07) is 18.9. The Morgan fingerprint density at radius 3 is 2.44 bits per heavy atom.